The minimum atomic E-state index is 0.399. The molecule has 0 aliphatic heterocycles. The van der Waals surface area contributed by atoms with Crippen LogP contribution in [-0.2, 0) is 0 Å². The van der Waals surface area contributed by atoms with Gasteiger partial charge in [0.15, 0.2) is 0 Å². The van der Waals surface area contributed by atoms with Crippen LogP contribution in [0.5, 0.6) is 0 Å². The highest BCUT2D eigenvalue weighted by Crippen LogP contribution is 2.28. The Balaban J connectivity index is 2.44. The van der Waals surface area contributed by atoms with Crippen LogP contribution in [0.15, 0.2) is 43.0 Å². The highest BCUT2D eigenvalue weighted by molar-refractivity contribution is 7.47. The van der Waals surface area contributed by atoms with Crippen LogP contribution < -0.4 is 5.30 Å². The number of hydrogen-bond acceptors (Lipinski definition) is 0. The van der Waals surface area contributed by atoms with Gasteiger partial charge in [-0.2, -0.15) is 0 Å². The summed E-state index contributed by atoms with van der Waals surface area (Å²) in [6.07, 6.45) is 4.38. The predicted octanol–water partition coefficient (Wildman–Crippen LogP) is 3.59. The van der Waals surface area contributed by atoms with E-state index < -0.39 is 0 Å². The third kappa shape index (κ3) is 4.07. The fourth-order valence-electron chi connectivity index (χ4n) is 1.36. The third-order valence-corrected chi connectivity index (χ3v) is 4.12. The summed E-state index contributed by atoms with van der Waals surface area (Å²) in [4.78, 5) is 0. The van der Waals surface area contributed by atoms with Crippen molar-refractivity contribution in [3.8, 4) is 0 Å². The maximum atomic E-state index is 3.80. The maximum absolute atomic E-state index is 3.80. The van der Waals surface area contributed by atoms with Gasteiger partial charge in [0.05, 0.1) is 0 Å². The van der Waals surface area contributed by atoms with Crippen LogP contribution >= 0.6 is 8.58 Å². The highest BCUT2D eigenvalue weighted by Gasteiger charge is 2.15. The summed E-state index contributed by atoms with van der Waals surface area (Å²) < 4.78 is 0. The average Bonchev–Trinajstić information content (AvgIpc) is 2.17. The maximum Gasteiger partial charge on any atom is -0.0258 e. The molecule has 0 aliphatic rings. The van der Waals surface area contributed by atoms with Crippen LogP contribution in [0, 0.1) is 5.41 Å². The molecule has 0 N–H and O–H groups in total. The lowest BCUT2D eigenvalue weighted by Gasteiger charge is -2.22. The molecule has 0 fully saturated rings. The lowest BCUT2D eigenvalue weighted by Crippen LogP contribution is -2.14. The fourth-order valence-corrected chi connectivity index (χ4v) is 2.62. The topological polar surface area (TPSA) is 0 Å². The Morgan fingerprint density at radius 3 is 2.50 bits per heavy atom. The van der Waals surface area contributed by atoms with Gasteiger partial charge in [0.25, 0.3) is 0 Å². The second-order valence-corrected chi connectivity index (χ2v) is 5.66. The summed E-state index contributed by atoms with van der Waals surface area (Å²) in [7, 11) is 0.918. The first kappa shape index (κ1) is 11.5. The van der Waals surface area contributed by atoms with E-state index in [-0.39, 0.29) is 0 Å². The molecular weight excluding hydrogens is 187 g/mol. The molecule has 0 saturated heterocycles. The Hall–Kier alpha value is -0.610. The van der Waals surface area contributed by atoms with Crippen LogP contribution in [0.4, 0.5) is 0 Å². The Morgan fingerprint density at radius 1 is 1.29 bits per heavy atom. The summed E-state index contributed by atoms with van der Waals surface area (Å²) in [6.45, 7) is 8.42. The molecule has 1 aromatic carbocycles. The van der Waals surface area contributed by atoms with Gasteiger partial charge in [-0.15, -0.1) is 6.58 Å². The van der Waals surface area contributed by atoms with Gasteiger partial charge in [0.1, 0.15) is 0 Å². The molecule has 0 amide bonds. The number of allylic oxidation sites excluding steroid dienone is 1. The predicted molar refractivity (Wildman–Crippen MR) is 67.9 cm³/mol. The van der Waals surface area contributed by atoms with Gasteiger partial charge in [-0.25, -0.2) is 0 Å². The number of rotatable bonds is 5. The highest BCUT2D eigenvalue weighted by atomic mass is 31.1. The van der Waals surface area contributed by atoms with Gasteiger partial charge in [-0.3, -0.25) is 0 Å². The molecule has 0 bridgehead atoms. The monoisotopic (exact) mass is 206 g/mol. The normalized spacial score (nSPS) is 12.1. The molecule has 1 aromatic rings. The molecule has 0 aromatic heterocycles. The van der Waals surface area contributed by atoms with Crippen molar-refractivity contribution in [1.29, 1.82) is 0 Å². The van der Waals surface area contributed by atoms with Crippen molar-refractivity contribution in [2.75, 3.05) is 6.16 Å². The van der Waals surface area contributed by atoms with E-state index in [0.717, 1.165) is 15.0 Å². The first-order chi connectivity index (χ1) is 6.64. The van der Waals surface area contributed by atoms with Crippen LogP contribution in [0.25, 0.3) is 0 Å². The molecule has 0 radical (unpaired) electrons. The summed E-state index contributed by atoms with van der Waals surface area (Å²) in [5.41, 5.74) is 0.399. The van der Waals surface area contributed by atoms with E-state index in [1.807, 2.05) is 6.08 Å². The number of hydrogen-bond donors (Lipinski definition) is 0. The van der Waals surface area contributed by atoms with Gasteiger partial charge in [0, 0.05) is 0 Å². The van der Waals surface area contributed by atoms with Crippen LogP contribution in [-0.4, -0.2) is 6.16 Å². The molecule has 76 valence electrons. The number of benzene rings is 1. The minimum Gasteiger partial charge on any atom is -0.103 e. The first-order valence-corrected chi connectivity index (χ1v) is 6.24. The van der Waals surface area contributed by atoms with Crippen molar-refractivity contribution in [1.82, 2.24) is 0 Å². The quantitative estimate of drug-likeness (QED) is 0.510. The van der Waals surface area contributed by atoms with Crippen LogP contribution in [0.2, 0.25) is 0 Å². The van der Waals surface area contributed by atoms with Gasteiger partial charge in [-0.05, 0) is 23.3 Å². The van der Waals surface area contributed by atoms with Gasteiger partial charge in [0.2, 0.25) is 0 Å². The second kappa shape index (κ2) is 5.32. The Bertz CT molecular complexity index is 275. The van der Waals surface area contributed by atoms with E-state index in [2.05, 4.69) is 50.8 Å². The van der Waals surface area contributed by atoms with Crippen molar-refractivity contribution < 1.29 is 0 Å². The van der Waals surface area contributed by atoms with Gasteiger partial charge >= 0.3 is 0 Å². The first-order valence-electron chi connectivity index (χ1n) is 5.04. The van der Waals surface area contributed by atoms with E-state index >= 15 is 0 Å². The van der Waals surface area contributed by atoms with E-state index in [9.17, 15) is 0 Å². The lowest BCUT2D eigenvalue weighted by atomic mass is 9.92. The molecule has 1 rings (SSSR count). The van der Waals surface area contributed by atoms with Crippen molar-refractivity contribution in [3.05, 3.63) is 43.0 Å². The van der Waals surface area contributed by atoms with Crippen LogP contribution in [0.1, 0.15) is 20.3 Å². The molecule has 0 heterocycles. The zero-order chi connectivity index (χ0) is 10.4. The fraction of sp³-hybridized carbons (Fsp3) is 0.385. The summed E-state index contributed by atoms with van der Waals surface area (Å²) in [6, 6.07) is 10.7. The Kier molecular flexibility index (Phi) is 4.35. The van der Waals surface area contributed by atoms with Crippen LogP contribution in [0.3, 0.4) is 0 Å². The van der Waals surface area contributed by atoms with Crippen molar-refractivity contribution >= 4 is 13.9 Å². The largest absolute Gasteiger partial charge is 0.103 e. The van der Waals surface area contributed by atoms with E-state index in [1.54, 1.807) is 0 Å². The molecular formula is C13H19P. The minimum absolute atomic E-state index is 0.399. The van der Waals surface area contributed by atoms with E-state index in [1.165, 1.54) is 11.5 Å². The average molecular weight is 206 g/mol. The van der Waals surface area contributed by atoms with Crippen molar-refractivity contribution in [2.24, 2.45) is 5.41 Å². The zero-order valence-corrected chi connectivity index (χ0v) is 10.1. The molecule has 14 heavy (non-hydrogen) atoms. The zero-order valence-electron chi connectivity index (χ0n) is 9.09. The standard InChI is InChI=1S/C13H19P/c1-4-10-13(2,3)11-14-12-8-6-5-7-9-12/h4-9,14H,1,10-11H2,2-3H3. The SMILES string of the molecule is C=CCC(C)(C)CPc1ccccc1. The smallest absolute Gasteiger partial charge is 0.0258 e. The summed E-state index contributed by atoms with van der Waals surface area (Å²) >= 11 is 0. The lowest BCUT2D eigenvalue weighted by molar-refractivity contribution is 0.430. The Labute approximate surface area is 89.2 Å². The molecule has 1 unspecified atom stereocenters. The van der Waals surface area contributed by atoms with Crippen molar-refractivity contribution in [2.45, 2.75) is 20.3 Å². The third-order valence-electron chi connectivity index (χ3n) is 2.24. The molecule has 1 heteroatoms. The van der Waals surface area contributed by atoms with Gasteiger partial charge < -0.3 is 0 Å². The second-order valence-electron chi connectivity index (χ2n) is 4.38. The summed E-state index contributed by atoms with van der Waals surface area (Å²) in [5.74, 6) is 0. The van der Waals surface area contributed by atoms with E-state index in [0.29, 0.717) is 5.41 Å². The van der Waals surface area contributed by atoms with E-state index in [4.69, 9.17) is 0 Å². The molecule has 0 aliphatic carbocycles. The molecule has 0 saturated carbocycles. The van der Waals surface area contributed by atoms with Gasteiger partial charge in [-0.1, -0.05) is 58.8 Å². The molecule has 0 nitrogen and oxygen atoms in total. The Morgan fingerprint density at radius 2 is 1.93 bits per heavy atom. The summed E-state index contributed by atoms with van der Waals surface area (Å²) in [5, 5.41) is 1.46. The van der Waals surface area contributed by atoms with Crippen molar-refractivity contribution in [3.63, 3.8) is 0 Å². The molecule has 0 spiro atoms. The molecule has 1 atom stereocenters.